The van der Waals surface area contributed by atoms with Crippen LogP contribution in [0.5, 0.6) is 0 Å². The third-order valence-electron chi connectivity index (χ3n) is 4.60. The first-order chi connectivity index (χ1) is 15.4. The molecular weight excluding hydrogens is 435 g/mol. The second-order valence-corrected chi connectivity index (χ2v) is 7.39. The summed E-state index contributed by atoms with van der Waals surface area (Å²) in [4.78, 5) is 25.1. The number of carbonyl (C=O) groups excluding carboxylic acids is 2. The fourth-order valence-corrected chi connectivity index (χ4v) is 3.28. The first-order valence-electron chi connectivity index (χ1n) is 9.57. The number of aromatic nitrogens is 4. The lowest BCUT2D eigenvalue weighted by molar-refractivity contribution is 0.101. The maximum Gasteiger partial charge on any atom is 0.276 e. The zero-order chi connectivity index (χ0) is 22.7. The number of hydrogen-bond acceptors (Lipinski definition) is 4. The Morgan fingerprint density at radius 2 is 1.88 bits per heavy atom. The summed E-state index contributed by atoms with van der Waals surface area (Å²) in [6.07, 6.45) is 3.12. The van der Waals surface area contributed by atoms with Gasteiger partial charge in [-0.05, 0) is 29.8 Å². The normalized spacial score (nSPS) is 10.7. The molecule has 4 rings (SSSR count). The minimum atomic E-state index is -0.468. The average molecular weight is 453 g/mol. The van der Waals surface area contributed by atoms with Crippen molar-refractivity contribution in [3.05, 3.63) is 94.7 Å². The van der Waals surface area contributed by atoms with E-state index >= 15 is 0 Å². The molecule has 0 aliphatic carbocycles. The molecule has 2 aromatic carbocycles. The minimum Gasteiger partial charge on any atom is -0.318 e. The molecule has 0 bridgehead atoms. The Labute approximate surface area is 187 Å². The monoisotopic (exact) mass is 452 g/mol. The van der Waals surface area contributed by atoms with E-state index in [0.29, 0.717) is 28.6 Å². The Morgan fingerprint density at radius 3 is 2.66 bits per heavy atom. The smallest absolute Gasteiger partial charge is 0.276 e. The van der Waals surface area contributed by atoms with Crippen molar-refractivity contribution in [3.63, 3.8) is 0 Å². The summed E-state index contributed by atoms with van der Waals surface area (Å²) in [5.74, 6) is -0.869. The summed E-state index contributed by atoms with van der Waals surface area (Å²) >= 11 is 6.06. The van der Waals surface area contributed by atoms with E-state index in [9.17, 15) is 14.0 Å². The molecular formula is C22H18ClFN6O2. The number of rotatable bonds is 6. The van der Waals surface area contributed by atoms with Gasteiger partial charge in [-0.25, -0.2) is 4.39 Å². The van der Waals surface area contributed by atoms with Crippen LogP contribution in [0.1, 0.15) is 26.4 Å². The molecule has 0 spiro atoms. The van der Waals surface area contributed by atoms with Gasteiger partial charge in [-0.1, -0.05) is 35.9 Å². The fraction of sp³-hybridized carbons (Fsp3) is 0.0909. The Kier molecular flexibility index (Phi) is 6.00. The van der Waals surface area contributed by atoms with Gasteiger partial charge in [-0.2, -0.15) is 10.2 Å². The van der Waals surface area contributed by atoms with Gasteiger partial charge in [-0.15, -0.1) is 0 Å². The second-order valence-electron chi connectivity index (χ2n) is 6.98. The molecule has 0 atom stereocenters. The van der Waals surface area contributed by atoms with Crippen LogP contribution in [0, 0.1) is 5.82 Å². The van der Waals surface area contributed by atoms with Crippen LogP contribution in [0.4, 0.5) is 15.9 Å². The molecule has 10 heteroatoms. The summed E-state index contributed by atoms with van der Waals surface area (Å²) < 4.78 is 16.3. The van der Waals surface area contributed by atoms with Crippen molar-refractivity contribution >= 4 is 34.9 Å². The number of nitrogens with one attached hydrogen (secondary N) is 2. The Morgan fingerprint density at radius 1 is 1.06 bits per heavy atom. The van der Waals surface area contributed by atoms with Crippen molar-refractivity contribution in [1.29, 1.82) is 0 Å². The Hall–Kier alpha value is -3.98. The van der Waals surface area contributed by atoms with E-state index in [2.05, 4.69) is 20.8 Å². The summed E-state index contributed by atoms with van der Waals surface area (Å²) in [6.45, 7) is 0.357. The highest BCUT2D eigenvalue weighted by atomic mass is 35.5. The zero-order valence-corrected chi connectivity index (χ0v) is 17.7. The number of hydrogen-bond donors (Lipinski definition) is 2. The van der Waals surface area contributed by atoms with Crippen LogP contribution < -0.4 is 10.6 Å². The standard InChI is InChI=1S/C22H18ClFN6O2/c1-29-20(27-21(31)17-7-2-3-8-18(17)23)10-19(28-29)22(32)26-16-11-25-30(13-16)12-14-5-4-6-15(24)9-14/h2-11,13H,12H2,1H3,(H,26,32)(H,27,31). The Balaban J connectivity index is 1.42. The van der Waals surface area contributed by atoms with Crippen LogP contribution in [-0.4, -0.2) is 31.4 Å². The number of halogens is 2. The first-order valence-corrected chi connectivity index (χ1v) is 9.95. The van der Waals surface area contributed by atoms with Crippen molar-refractivity contribution in [2.24, 2.45) is 7.05 Å². The summed E-state index contributed by atoms with van der Waals surface area (Å²) in [7, 11) is 1.61. The molecule has 8 nitrogen and oxygen atoms in total. The maximum atomic E-state index is 13.3. The van der Waals surface area contributed by atoms with Gasteiger partial charge in [0.1, 0.15) is 11.6 Å². The van der Waals surface area contributed by atoms with Crippen LogP contribution in [-0.2, 0) is 13.6 Å². The average Bonchev–Trinajstić information content (AvgIpc) is 3.34. The lowest BCUT2D eigenvalue weighted by atomic mass is 10.2. The molecule has 162 valence electrons. The minimum absolute atomic E-state index is 0.111. The van der Waals surface area contributed by atoms with Crippen molar-refractivity contribution in [1.82, 2.24) is 19.6 Å². The number of amides is 2. The van der Waals surface area contributed by atoms with E-state index in [4.69, 9.17) is 11.6 Å². The molecule has 2 heterocycles. The van der Waals surface area contributed by atoms with E-state index in [1.165, 1.54) is 29.1 Å². The summed E-state index contributed by atoms with van der Waals surface area (Å²) in [5, 5.41) is 14.0. The highest BCUT2D eigenvalue weighted by Gasteiger charge is 2.17. The molecule has 0 saturated heterocycles. The molecule has 2 N–H and O–H groups in total. The number of carbonyl (C=O) groups is 2. The number of benzene rings is 2. The molecule has 0 unspecified atom stereocenters. The molecule has 0 saturated carbocycles. The number of anilines is 2. The first kappa shape index (κ1) is 21.3. The third-order valence-corrected chi connectivity index (χ3v) is 4.93. The van der Waals surface area contributed by atoms with Gasteiger partial charge in [0.2, 0.25) is 0 Å². The Bertz CT molecular complexity index is 1300. The van der Waals surface area contributed by atoms with E-state index in [-0.39, 0.29) is 11.5 Å². The SMILES string of the molecule is Cn1nc(C(=O)Nc2cnn(Cc3cccc(F)c3)c2)cc1NC(=O)c1ccccc1Cl. The van der Waals surface area contributed by atoms with Crippen LogP contribution in [0.15, 0.2) is 67.0 Å². The number of aryl methyl sites for hydroxylation is 1. The van der Waals surface area contributed by atoms with Gasteiger partial charge < -0.3 is 10.6 Å². The van der Waals surface area contributed by atoms with Gasteiger partial charge in [0, 0.05) is 19.3 Å². The van der Waals surface area contributed by atoms with E-state index in [1.807, 2.05) is 0 Å². The fourth-order valence-electron chi connectivity index (χ4n) is 3.06. The molecule has 0 fully saturated rings. The summed E-state index contributed by atoms with van der Waals surface area (Å²) in [5.41, 5.74) is 1.63. The van der Waals surface area contributed by atoms with Crippen LogP contribution in [0.2, 0.25) is 5.02 Å². The van der Waals surface area contributed by atoms with Gasteiger partial charge in [0.15, 0.2) is 5.69 Å². The molecule has 4 aromatic rings. The second kappa shape index (κ2) is 9.03. The molecule has 32 heavy (non-hydrogen) atoms. The van der Waals surface area contributed by atoms with E-state index in [0.717, 1.165) is 5.56 Å². The largest absolute Gasteiger partial charge is 0.318 e. The highest BCUT2D eigenvalue weighted by molar-refractivity contribution is 6.34. The molecule has 2 aromatic heterocycles. The van der Waals surface area contributed by atoms with Crippen LogP contribution in [0.3, 0.4) is 0 Å². The predicted octanol–water partition coefficient (Wildman–Crippen LogP) is 3.96. The lowest BCUT2D eigenvalue weighted by Crippen LogP contribution is -2.14. The summed E-state index contributed by atoms with van der Waals surface area (Å²) in [6, 6.07) is 14.3. The third kappa shape index (κ3) is 4.84. The maximum absolute atomic E-state index is 13.3. The van der Waals surface area contributed by atoms with Crippen molar-refractivity contribution in [2.75, 3.05) is 10.6 Å². The topological polar surface area (TPSA) is 93.8 Å². The highest BCUT2D eigenvalue weighted by Crippen LogP contribution is 2.18. The van der Waals surface area contributed by atoms with Gasteiger partial charge in [0.05, 0.1) is 29.0 Å². The van der Waals surface area contributed by atoms with Crippen molar-refractivity contribution in [2.45, 2.75) is 6.54 Å². The quantitative estimate of drug-likeness (QED) is 0.463. The van der Waals surface area contributed by atoms with Crippen molar-refractivity contribution in [3.8, 4) is 0 Å². The molecule has 0 aliphatic heterocycles. The molecule has 0 radical (unpaired) electrons. The molecule has 2 amide bonds. The van der Waals surface area contributed by atoms with E-state index < -0.39 is 11.8 Å². The number of nitrogens with zero attached hydrogens (tertiary/aromatic N) is 4. The predicted molar refractivity (Wildman–Crippen MR) is 118 cm³/mol. The van der Waals surface area contributed by atoms with Crippen molar-refractivity contribution < 1.29 is 14.0 Å². The van der Waals surface area contributed by atoms with Crippen LogP contribution in [0.25, 0.3) is 0 Å². The van der Waals surface area contributed by atoms with Gasteiger partial charge >= 0.3 is 0 Å². The zero-order valence-electron chi connectivity index (χ0n) is 16.9. The lowest BCUT2D eigenvalue weighted by Gasteiger charge is -2.06. The van der Waals surface area contributed by atoms with Crippen LogP contribution >= 0.6 is 11.6 Å². The van der Waals surface area contributed by atoms with Gasteiger partial charge in [-0.3, -0.25) is 19.0 Å². The molecule has 0 aliphatic rings. The van der Waals surface area contributed by atoms with Gasteiger partial charge in [0.25, 0.3) is 11.8 Å². The van der Waals surface area contributed by atoms with E-state index in [1.54, 1.807) is 54.3 Å².